The fourth-order valence-electron chi connectivity index (χ4n) is 3.49. The SMILES string of the molecule is COc1cc(-c2nnc(C=CS(=O)(=O)Nc3nnc(-c4ccc(S(C)(=O)=O)cn4)n3-c3ccccc3Cl)o2)ccn1. The third-order valence-corrected chi connectivity index (χ3v) is 7.78. The van der Waals surface area contributed by atoms with Gasteiger partial charge in [0.15, 0.2) is 15.7 Å². The van der Waals surface area contributed by atoms with Crippen molar-refractivity contribution in [3.8, 4) is 34.5 Å². The van der Waals surface area contributed by atoms with E-state index in [2.05, 4.69) is 35.1 Å². The standard InChI is InChI=1S/C24H19ClN8O6S2/c1-38-21-13-15(9-11-26-21)23-30-28-20(39-23)10-12-41(36,37)32-24-31-29-22(33(24)19-6-4-3-5-17(19)25)18-8-7-16(14-27-18)40(2,34)35/h3-14H,1-2H3,(H,31,32). The highest BCUT2D eigenvalue weighted by atomic mass is 35.5. The lowest BCUT2D eigenvalue weighted by atomic mass is 10.3. The van der Waals surface area contributed by atoms with Gasteiger partial charge in [-0.1, -0.05) is 23.7 Å². The molecule has 0 aliphatic carbocycles. The number of anilines is 1. The lowest BCUT2D eigenvalue weighted by molar-refractivity contribution is 0.398. The molecule has 17 heteroatoms. The highest BCUT2D eigenvalue weighted by Gasteiger charge is 2.22. The predicted octanol–water partition coefficient (Wildman–Crippen LogP) is 3.25. The fraction of sp³-hybridized carbons (Fsp3) is 0.0833. The number of sulfone groups is 1. The molecule has 41 heavy (non-hydrogen) atoms. The van der Waals surface area contributed by atoms with Crippen molar-refractivity contribution >= 4 is 43.5 Å². The molecule has 0 saturated heterocycles. The van der Waals surface area contributed by atoms with Crippen molar-refractivity contribution in [2.45, 2.75) is 4.90 Å². The third-order valence-electron chi connectivity index (χ3n) is 5.40. The Bertz CT molecular complexity index is 1970. The van der Waals surface area contributed by atoms with Crippen LogP contribution in [0.4, 0.5) is 5.95 Å². The molecule has 0 atom stereocenters. The molecule has 0 aliphatic rings. The summed E-state index contributed by atoms with van der Waals surface area (Å²) in [6.07, 6.45) is 4.84. The van der Waals surface area contributed by atoms with Crippen molar-refractivity contribution in [3.05, 3.63) is 77.2 Å². The molecule has 0 amide bonds. The van der Waals surface area contributed by atoms with Gasteiger partial charge in [0.25, 0.3) is 10.0 Å². The van der Waals surface area contributed by atoms with Gasteiger partial charge in [0, 0.05) is 36.4 Å². The number of rotatable bonds is 9. The Labute approximate surface area is 238 Å². The number of hydrogen-bond acceptors (Lipinski definition) is 12. The van der Waals surface area contributed by atoms with Crippen molar-refractivity contribution in [1.29, 1.82) is 0 Å². The van der Waals surface area contributed by atoms with Crippen LogP contribution in [-0.2, 0) is 19.9 Å². The molecule has 0 unspecified atom stereocenters. The van der Waals surface area contributed by atoms with Crippen molar-refractivity contribution in [1.82, 2.24) is 34.9 Å². The smallest absolute Gasteiger partial charge is 0.257 e. The van der Waals surface area contributed by atoms with E-state index in [4.69, 9.17) is 20.8 Å². The molecule has 210 valence electrons. The van der Waals surface area contributed by atoms with Crippen LogP contribution < -0.4 is 9.46 Å². The van der Waals surface area contributed by atoms with Gasteiger partial charge in [-0.25, -0.2) is 26.5 Å². The number of nitrogens with one attached hydrogen (secondary N) is 1. The fourth-order valence-corrected chi connectivity index (χ4v) is 5.02. The van der Waals surface area contributed by atoms with Crippen LogP contribution in [0.3, 0.4) is 0 Å². The van der Waals surface area contributed by atoms with E-state index in [0.717, 1.165) is 17.7 Å². The number of ether oxygens (including phenoxy) is 1. The number of nitrogens with zero attached hydrogens (tertiary/aromatic N) is 7. The van der Waals surface area contributed by atoms with E-state index in [0.29, 0.717) is 17.1 Å². The van der Waals surface area contributed by atoms with Crippen LogP contribution in [0.25, 0.3) is 34.7 Å². The lowest BCUT2D eigenvalue weighted by Crippen LogP contribution is -2.14. The van der Waals surface area contributed by atoms with Crippen LogP contribution in [0, 0.1) is 0 Å². The predicted molar refractivity (Wildman–Crippen MR) is 148 cm³/mol. The van der Waals surface area contributed by atoms with Gasteiger partial charge in [0.1, 0.15) is 5.69 Å². The number of aromatic nitrogens is 7. The average molecular weight is 615 g/mol. The van der Waals surface area contributed by atoms with E-state index in [1.165, 1.54) is 36.2 Å². The Hall–Kier alpha value is -4.67. The maximum absolute atomic E-state index is 13.0. The Balaban J connectivity index is 1.46. The average Bonchev–Trinajstić information content (AvgIpc) is 3.59. The molecule has 0 bridgehead atoms. The van der Waals surface area contributed by atoms with Crippen molar-refractivity contribution in [2.24, 2.45) is 0 Å². The van der Waals surface area contributed by atoms with E-state index in [9.17, 15) is 16.8 Å². The summed E-state index contributed by atoms with van der Waals surface area (Å²) in [6, 6.07) is 12.6. The molecule has 0 saturated carbocycles. The Kier molecular flexibility index (Phi) is 7.53. The van der Waals surface area contributed by atoms with Crippen LogP contribution >= 0.6 is 11.6 Å². The second kappa shape index (κ2) is 11.1. The Morgan fingerprint density at radius 2 is 1.80 bits per heavy atom. The van der Waals surface area contributed by atoms with Crippen molar-refractivity contribution in [3.63, 3.8) is 0 Å². The first-order valence-electron chi connectivity index (χ1n) is 11.5. The minimum atomic E-state index is -4.19. The first-order chi connectivity index (χ1) is 19.5. The van der Waals surface area contributed by atoms with Crippen molar-refractivity contribution in [2.75, 3.05) is 18.1 Å². The highest BCUT2D eigenvalue weighted by molar-refractivity contribution is 7.95. The topological polar surface area (TPSA) is 185 Å². The highest BCUT2D eigenvalue weighted by Crippen LogP contribution is 2.30. The molecule has 4 heterocycles. The van der Waals surface area contributed by atoms with Gasteiger partial charge in [0.05, 0.1) is 28.1 Å². The van der Waals surface area contributed by atoms with E-state index in [1.54, 1.807) is 36.4 Å². The minimum Gasteiger partial charge on any atom is -0.481 e. The van der Waals surface area contributed by atoms with Gasteiger partial charge >= 0.3 is 0 Å². The van der Waals surface area contributed by atoms with E-state index >= 15 is 0 Å². The van der Waals surface area contributed by atoms with Crippen LogP contribution in [0.1, 0.15) is 5.89 Å². The largest absolute Gasteiger partial charge is 0.481 e. The Morgan fingerprint density at radius 3 is 2.51 bits per heavy atom. The van der Waals surface area contributed by atoms with Gasteiger partial charge in [-0.05, 0) is 30.3 Å². The molecule has 0 radical (unpaired) electrons. The number of benzene rings is 1. The Morgan fingerprint density at radius 1 is 1.00 bits per heavy atom. The van der Waals surface area contributed by atoms with E-state index < -0.39 is 19.9 Å². The van der Waals surface area contributed by atoms with E-state index in [-0.39, 0.29) is 39.2 Å². The summed E-state index contributed by atoms with van der Waals surface area (Å²) >= 11 is 6.41. The summed E-state index contributed by atoms with van der Waals surface area (Å²) < 4.78 is 64.0. The minimum absolute atomic E-state index is 0.00312. The quantitative estimate of drug-likeness (QED) is 0.256. The summed E-state index contributed by atoms with van der Waals surface area (Å²) in [5.74, 6) is 0.293. The second-order valence-electron chi connectivity index (χ2n) is 8.27. The number of methoxy groups -OCH3 is 1. The summed E-state index contributed by atoms with van der Waals surface area (Å²) in [4.78, 5) is 8.19. The molecular weight excluding hydrogens is 596 g/mol. The molecule has 0 fully saturated rings. The summed E-state index contributed by atoms with van der Waals surface area (Å²) in [6.45, 7) is 0. The molecule has 5 rings (SSSR count). The van der Waals surface area contributed by atoms with Gasteiger partial charge < -0.3 is 9.15 Å². The number of sulfonamides is 1. The van der Waals surface area contributed by atoms with Crippen LogP contribution in [-0.4, -0.2) is 65.1 Å². The number of halogens is 1. The summed E-state index contributed by atoms with van der Waals surface area (Å²) in [7, 11) is -6.21. The molecule has 5 aromatic rings. The van der Waals surface area contributed by atoms with Crippen LogP contribution in [0.5, 0.6) is 5.88 Å². The van der Waals surface area contributed by atoms with Crippen LogP contribution in [0.2, 0.25) is 5.02 Å². The van der Waals surface area contributed by atoms with Gasteiger partial charge in [-0.15, -0.1) is 20.4 Å². The van der Waals surface area contributed by atoms with Crippen molar-refractivity contribution < 1.29 is 26.0 Å². The lowest BCUT2D eigenvalue weighted by Gasteiger charge is -2.12. The zero-order valence-electron chi connectivity index (χ0n) is 21.2. The summed E-state index contributed by atoms with van der Waals surface area (Å²) in [5, 5.41) is 16.9. The third kappa shape index (κ3) is 6.24. The molecule has 1 aromatic carbocycles. The molecule has 14 nitrogen and oxygen atoms in total. The first-order valence-corrected chi connectivity index (χ1v) is 15.3. The van der Waals surface area contributed by atoms with E-state index in [1.807, 2.05) is 0 Å². The molecular formula is C24H19ClN8O6S2. The van der Waals surface area contributed by atoms with Gasteiger partial charge in [0.2, 0.25) is 23.6 Å². The van der Waals surface area contributed by atoms with Crippen LogP contribution in [0.15, 0.2) is 75.6 Å². The number of para-hydroxylation sites is 1. The molecule has 0 spiro atoms. The molecule has 0 aliphatic heterocycles. The normalized spacial score (nSPS) is 12.1. The van der Waals surface area contributed by atoms with Gasteiger partial charge in [-0.3, -0.25) is 9.55 Å². The molecule has 1 N–H and O–H groups in total. The van der Waals surface area contributed by atoms with Gasteiger partial charge in [-0.2, -0.15) is 0 Å². The second-order valence-corrected chi connectivity index (χ2v) is 12.3. The summed E-state index contributed by atoms with van der Waals surface area (Å²) in [5.41, 5.74) is 1.10. The molecule has 4 aromatic heterocycles. The maximum Gasteiger partial charge on any atom is 0.257 e. The zero-order valence-corrected chi connectivity index (χ0v) is 23.6. The first kappa shape index (κ1) is 27.9. The maximum atomic E-state index is 13.0. The number of hydrogen-bond donors (Lipinski definition) is 1. The zero-order chi connectivity index (χ0) is 29.2. The number of pyridine rings is 2. The monoisotopic (exact) mass is 614 g/mol.